The maximum Gasteiger partial charge on any atom is 0.325 e. The number of hydrogen-bond acceptors (Lipinski definition) is 3. The standard InChI is InChI=1S/C31H21FN3O/c1-19-11-13-25-29-23(17-33)12-14-24(22-10-6-9-21(15-22)20-7-4-3-5-8-20)30(29)36-31(25)28(19)26-16-27(32)34-18-35(26)2/h3-16,18H,1-2H3/q+1. The fourth-order valence-corrected chi connectivity index (χ4v) is 4.88. The van der Waals surface area contributed by atoms with Crippen LogP contribution in [0.25, 0.3) is 55.4 Å². The molecule has 0 fully saturated rings. The number of fused-ring (bicyclic) bond motifs is 3. The number of benzene rings is 4. The van der Waals surface area contributed by atoms with Gasteiger partial charge in [0.2, 0.25) is 0 Å². The largest absolute Gasteiger partial charge is 0.455 e. The molecule has 5 heteroatoms. The molecule has 0 saturated carbocycles. The normalized spacial score (nSPS) is 11.2. The predicted molar refractivity (Wildman–Crippen MR) is 138 cm³/mol. The van der Waals surface area contributed by atoms with Crippen LogP contribution in [0.1, 0.15) is 11.1 Å². The molecule has 4 nitrogen and oxygen atoms in total. The van der Waals surface area contributed by atoms with E-state index in [1.807, 2.05) is 68.6 Å². The summed E-state index contributed by atoms with van der Waals surface area (Å²) in [6.45, 7) is 1.97. The number of rotatable bonds is 3. The lowest BCUT2D eigenvalue weighted by Crippen LogP contribution is -2.32. The van der Waals surface area contributed by atoms with Crippen molar-refractivity contribution in [2.45, 2.75) is 6.92 Å². The monoisotopic (exact) mass is 470 g/mol. The predicted octanol–water partition coefficient (Wildman–Crippen LogP) is 7.13. The van der Waals surface area contributed by atoms with Gasteiger partial charge >= 0.3 is 5.95 Å². The molecule has 4 aromatic carbocycles. The first-order valence-corrected chi connectivity index (χ1v) is 11.6. The van der Waals surface area contributed by atoms with Crippen molar-refractivity contribution in [2.75, 3.05) is 0 Å². The second kappa shape index (κ2) is 8.44. The average Bonchev–Trinajstić information content (AvgIpc) is 3.30. The molecule has 2 heterocycles. The lowest BCUT2D eigenvalue weighted by Gasteiger charge is -2.07. The number of halogens is 1. The highest BCUT2D eigenvalue weighted by Crippen LogP contribution is 2.42. The molecule has 0 aliphatic heterocycles. The smallest absolute Gasteiger partial charge is 0.325 e. The van der Waals surface area contributed by atoms with E-state index in [1.54, 1.807) is 4.57 Å². The first-order chi connectivity index (χ1) is 17.5. The van der Waals surface area contributed by atoms with Crippen LogP contribution in [0.2, 0.25) is 0 Å². The Kier molecular flexibility index (Phi) is 5.09. The van der Waals surface area contributed by atoms with Gasteiger partial charge in [0, 0.05) is 16.3 Å². The van der Waals surface area contributed by atoms with E-state index in [4.69, 9.17) is 4.42 Å². The Balaban J connectivity index is 1.67. The van der Waals surface area contributed by atoms with E-state index < -0.39 is 5.95 Å². The van der Waals surface area contributed by atoms with Gasteiger partial charge in [-0.15, -0.1) is 0 Å². The SMILES string of the molecule is Cc1ccc2c(oc3c(-c4cccc(-c5ccccc5)c4)ccc(C#N)c32)c1-c1cc(F)nc[n+]1C. The van der Waals surface area contributed by atoms with Gasteiger partial charge in [0.05, 0.1) is 30.3 Å². The molecule has 0 aliphatic carbocycles. The van der Waals surface area contributed by atoms with Crippen molar-refractivity contribution in [3.8, 4) is 39.6 Å². The van der Waals surface area contributed by atoms with Crippen molar-refractivity contribution in [1.82, 2.24) is 4.98 Å². The molecule has 2 aromatic heterocycles. The van der Waals surface area contributed by atoms with Crippen molar-refractivity contribution in [2.24, 2.45) is 7.05 Å². The fraction of sp³-hybridized carbons (Fsp3) is 0.0645. The minimum absolute atomic E-state index is 0.534. The third-order valence-electron chi connectivity index (χ3n) is 6.64. The second-order valence-corrected chi connectivity index (χ2v) is 8.87. The summed E-state index contributed by atoms with van der Waals surface area (Å²) in [4.78, 5) is 3.75. The van der Waals surface area contributed by atoms with Crippen LogP contribution in [0.5, 0.6) is 0 Å². The van der Waals surface area contributed by atoms with Crippen LogP contribution < -0.4 is 4.57 Å². The number of hydrogen-bond donors (Lipinski definition) is 0. The van der Waals surface area contributed by atoms with Crippen molar-refractivity contribution in [1.29, 1.82) is 5.26 Å². The number of nitrogens with zero attached hydrogens (tertiary/aromatic N) is 3. The van der Waals surface area contributed by atoms with E-state index in [2.05, 4.69) is 35.3 Å². The highest BCUT2D eigenvalue weighted by atomic mass is 19.1. The van der Waals surface area contributed by atoms with Crippen LogP contribution in [0.15, 0.2) is 95.7 Å². The van der Waals surface area contributed by atoms with Crippen molar-refractivity contribution >= 4 is 21.9 Å². The first-order valence-electron chi connectivity index (χ1n) is 11.6. The molecule has 0 saturated heterocycles. The topological polar surface area (TPSA) is 53.7 Å². The number of nitriles is 1. The molecule has 0 radical (unpaired) electrons. The quantitative estimate of drug-likeness (QED) is 0.204. The van der Waals surface area contributed by atoms with Gasteiger partial charge in [-0.3, -0.25) is 0 Å². The lowest BCUT2D eigenvalue weighted by molar-refractivity contribution is -0.663. The maximum absolute atomic E-state index is 14.2. The Morgan fingerprint density at radius 1 is 0.861 bits per heavy atom. The Hall–Kier alpha value is -4.82. The van der Waals surface area contributed by atoms with E-state index in [9.17, 15) is 9.65 Å². The molecule has 36 heavy (non-hydrogen) atoms. The van der Waals surface area contributed by atoms with Crippen LogP contribution in [0.4, 0.5) is 4.39 Å². The molecule has 0 amide bonds. The minimum Gasteiger partial charge on any atom is -0.455 e. The van der Waals surface area contributed by atoms with E-state index in [0.29, 0.717) is 22.4 Å². The molecular weight excluding hydrogens is 449 g/mol. The summed E-state index contributed by atoms with van der Waals surface area (Å²) in [5.41, 5.74) is 8.26. The van der Waals surface area contributed by atoms with E-state index >= 15 is 0 Å². The summed E-state index contributed by atoms with van der Waals surface area (Å²) in [6.07, 6.45) is 1.45. The van der Waals surface area contributed by atoms with Crippen LogP contribution in [0, 0.1) is 24.2 Å². The molecule has 0 bridgehead atoms. The molecule has 0 N–H and O–H groups in total. The number of aromatic nitrogens is 2. The molecule has 0 aliphatic rings. The summed E-state index contributed by atoms with van der Waals surface area (Å²) in [7, 11) is 1.82. The Bertz CT molecular complexity index is 1830. The Morgan fingerprint density at radius 2 is 1.64 bits per heavy atom. The molecule has 0 atom stereocenters. The Labute approximate surface area is 207 Å². The zero-order chi connectivity index (χ0) is 24.8. The zero-order valence-corrected chi connectivity index (χ0v) is 19.8. The molecule has 0 spiro atoms. The highest BCUT2D eigenvalue weighted by Gasteiger charge is 2.23. The molecule has 6 rings (SSSR count). The van der Waals surface area contributed by atoms with Gasteiger partial charge in [0.15, 0.2) is 0 Å². The first kappa shape index (κ1) is 21.7. The summed E-state index contributed by atoms with van der Waals surface area (Å²) in [5, 5.41) is 11.5. The Morgan fingerprint density at radius 3 is 2.44 bits per heavy atom. The van der Waals surface area contributed by atoms with Gasteiger partial charge in [-0.05, 0) is 52.4 Å². The van der Waals surface area contributed by atoms with Crippen LogP contribution in [-0.4, -0.2) is 4.98 Å². The summed E-state index contributed by atoms with van der Waals surface area (Å²) in [5.74, 6) is -0.563. The molecule has 6 aromatic rings. The summed E-state index contributed by atoms with van der Waals surface area (Å²) in [6, 6.07) is 30.0. The lowest BCUT2D eigenvalue weighted by atomic mass is 9.95. The van der Waals surface area contributed by atoms with E-state index in [0.717, 1.165) is 44.2 Å². The average molecular weight is 471 g/mol. The van der Waals surface area contributed by atoms with Gasteiger partial charge in [0.25, 0.3) is 6.33 Å². The van der Waals surface area contributed by atoms with Crippen molar-refractivity contribution in [3.63, 3.8) is 0 Å². The van der Waals surface area contributed by atoms with Gasteiger partial charge in [-0.2, -0.15) is 9.65 Å². The van der Waals surface area contributed by atoms with Crippen LogP contribution in [0.3, 0.4) is 0 Å². The third-order valence-corrected chi connectivity index (χ3v) is 6.64. The summed E-state index contributed by atoms with van der Waals surface area (Å²) < 4.78 is 22.5. The van der Waals surface area contributed by atoms with Crippen LogP contribution >= 0.6 is 0 Å². The van der Waals surface area contributed by atoms with Crippen molar-refractivity contribution in [3.05, 3.63) is 108 Å². The number of aryl methyl sites for hydroxylation is 2. The third kappa shape index (κ3) is 3.43. The maximum atomic E-state index is 14.2. The highest BCUT2D eigenvalue weighted by molar-refractivity contribution is 6.15. The fourth-order valence-electron chi connectivity index (χ4n) is 4.88. The van der Waals surface area contributed by atoms with Crippen LogP contribution in [-0.2, 0) is 7.05 Å². The van der Waals surface area contributed by atoms with E-state index in [-0.39, 0.29) is 0 Å². The second-order valence-electron chi connectivity index (χ2n) is 8.87. The van der Waals surface area contributed by atoms with E-state index in [1.165, 1.54) is 12.4 Å². The minimum atomic E-state index is -0.563. The summed E-state index contributed by atoms with van der Waals surface area (Å²) >= 11 is 0. The van der Waals surface area contributed by atoms with Gasteiger partial charge in [-0.25, -0.2) is 4.57 Å². The molecular formula is C31H21FN3O+. The molecule has 0 unspecified atom stereocenters. The van der Waals surface area contributed by atoms with Crippen molar-refractivity contribution < 1.29 is 13.4 Å². The number of furan rings is 1. The zero-order valence-electron chi connectivity index (χ0n) is 19.8. The van der Waals surface area contributed by atoms with Gasteiger partial charge in [-0.1, -0.05) is 60.7 Å². The van der Waals surface area contributed by atoms with Gasteiger partial charge in [0.1, 0.15) is 16.9 Å². The van der Waals surface area contributed by atoms with Gasteiger partial charge < -0.3 is 4.42 Å². The molecule has 172 valence electrons.